The molecule has 0 amide bonds. The number of hydrogen-bond donors (Lipinski definition) is 2. The van der Waals surface area contributed by atoms with E-state index < -0.39 is 11.9 Å². The fraction of sp³-hybridized carbons (Fsp3) is 0.333. The first kappa shape index (κ1) is 21.7. The average molecular weight is 386 g/mol. The van der Waals surface area contributed by atoms with E-state index in [1.807, 2.05) is 26.8 Å². The van der Waals surface area contributed by atoms with Crippen LogP contribution in [-0.4, -0.2) is 15.6 Å². The number of alkyl halides is 3. The minimum Gasteiger partial charge on any atom is -0.507 e. The fourth-order valence-corrected chi connectivity index (χ4v) is 2.20. The number of hydrogen-bond acceptors (Lipinski definition) is 4. The van der Waals surface area contributed by atoms with E-state index in [4.69, 9.17) is 0 Å². The molecule has 0 radical (unpaired) electrons. The number of aromatic hydroxyl groups is 1. The minimum absolute atomic E-state index is 0. The van der Waals surface area contributed by atoms with Crippen LogP contribution in [0.3, 0.4) is 0 Å². The summed E-state index contributed by atoms with van der Waals surface area (Å²) in [6, 6.07) is 7.06. The Morgan fingerprint density at radius 2 is 1.85 bits per heavy atom. The summed E-state index contributed by atoms with van der Waals surface area (Å²) in [4.78, 5) is 3.40. The molecule has 2 aromatic rings. The van der Waals surface area contributed by atoms with Crippen LogP contribution in [0.1, 0.15) is 37.6 Å². The van der Waals surface area contributed by atoms with Crippen LogP contribution in [0, 0.1) is 11.3 Å². The van der Waals surface area contributed by atoms with Crippen molar-refractivity contribution in [2.75, 3.05) is 0 Å². The van der Waals surface area contributed by atoms with Gasteiger partial charge in [-0.3, -0.25) is 4.98 Å². The van der Waals surface area contributed by atoms with Crippen LogP contribution in [0.4, 0.5) is 13.2 Å². The topological polar surface area (TPSA) is 68.9 Å². The molecule has 4 nitrogen and oxygen atoms in total. The second kappa shape index (κ2) is 7.94. The Labute approximate surface area is 156 Å². The van der Waals surface area contributed by atoms with Crippen LogP contribution in [0.15, 0.2) is 30.5 Å². The number of phenolic OH excluding ortho intramolecular Hbond substituents is 1. The molecule has 0 fully saturated rings. The van der Waals surface area contributed by atoms with Gasteiger partial charge in [-0.1, -0.05) is 6.07 Å². The van der Waals surface area contributed by atoms with Gasteiger partial charge in [0.15, 0.2) is 0 Å². The van der Waals surface area contributed by atoms with Crippen LogP contribution in [0.25, 0.3) is 11.1 Å². The van der Waals surface area contributed by atoms with Crippen molar-refractivity contribution >= 4 is 12.4 Å². The molecular formula is C18H19ClF3N3O. The van der Waals surface area contributed by atoms with Crippen LogP contribution < -0.4 is 5.32 Å². The highest BCUT2D eigenvalue weighted by Crippen LogP contribution is 2.35. The molecule has 1 aromatic heterocycles. The lowest BCUT2D eigenvalue weighted by atomic mass is 9.98. The minimum atomic E-state index is -4.53. The van der Waals surface area contributed by atoms with Gasteiger partial charge in [0.1, 0.15) is 11.4 Å². The standard InChI is InChI=1S/C18H18F3N3O.ClH/c1-17(2,3)24-10-13-6-11(8-22)7-14(16(13)25)12-4-5-15(23-9-12)18(19,20)21;/h4-7,9,24-25H,10H2,1-3H3;1H. The van der Waals surface area contributed by atoms with Gasteiger partial charge in [0, 0.05) is 35.0 Å². The number of aromatic nitrogens is 1. The van der Waals surface area contributed by atoms with E-state index in [1.165, 1.54) is 12.1 Å². The van der Waals surface area contributed by atoms with Gasteiger partial charge >= 0.3 is 6.18 Å². The molecule has 0 bridgehead atoms. The van der Waals surface area contributed by atoms with Crippen molar-refractivity contribution in [3.63, 3.8) is 0 Å². The van der Waals surface area contributed by atoms with Crippen LogP contribution >= 0.6 is 12.4 Å². The maximum absolute atomic E-state index is 12.6. The summed E-state index contributed by atoms with van der Waals surface area (Å²) in [7, 11) is 0. The van der Waals surface area contributed by atoms with Gasteiger partial charge in [-0.15, -0.1) is 12.4 Å². The van der Waals surface area contributed by atoms with Gasteiger partial charge in [0.25, 0.3) is 0 Å². The number of benzene rings is 1. The smallest absolute Gasteiger partial charge is 0.433 e. The monoisotopic (exact) mass is 385 g/mol. The van der Waals surface area contributed by atoms with Crippen molar-refractivity contribution in [2.24, 2.45) is 0 Å². The van der Waals surface area contributed by atoms with Gasteiger partial charge in [-0.05, 0) is 39.0 Å². The Balaban J connectivity index is 0.00000338. The van der Waals surface area contributed by atoms with Gasteiger partial charge in [0.05, 0.1) is 11.6 Å². The molecular weight excluding hydrogens is 367 g/mol. The Morgan fingerprint density at radius 1 is 1.19 bits per heavy atom. The number of halogens is 4. The lowest BCUT2D eigenvalue weighted by Gasteiger charge is -2.21. The van der Waals surface area contributed by atoms with Crippen molar-refractivity contribution in [1.82, 2.24) is 10.3 Å². The van der Waals surface area contributed by atoms with Gasteiger partial charge in [-0.2, -0.15) is 18.4 Å². The largest absolute Gasteiger partial charge is 0.507 e. The van der Waals surface area contributed by atoms with Crippen LogP contribution in [-0.2, 0) is 12.7 Å². The van der Waals surface area contributed by atoms with Crippen molar-refractivity contribution < 1.29 is 18.3 Å². The molecule has 140 valence electrons. The third kappa shape index (κ3) is 5.35. The molecule has 0 aliphatic rings. The van der Waals surface area contributed by atoms with Crippen molar-refractivity contribution in [1.29, 1.82) is 5.26 Å². The van der Waals surface area contributed by atoms with Gasteiger partial charge < -0.3 is 10.4 Å². The highest BCUT2D eigenvalue weighted by atomic mass is 35.5. The summed E-state index contributed by atoms with van der Waals surface area (Å²) in [5, 5.41) is 22.9. The van der Waals surface area contributed by atoms with Crippen molar-refractivity contribution in [2.45, 2.75) is 39.0 Å². The van der Waals surface area contributed by atoms with Crippen LogP contribution in [0.2, 0.25) is 0 Å². The van der Waals surface area contributed by atoms with E-state index in [0.717, 1.165) is 12.3 Å². The number of nitrogens with zero attached hydrogens (tertiary/aromatic N) is 2. The normalized spacial score (nSPS) is 11.6. The number of rotatable bonds is 3. The maximum Gasteiger partial charge on any atom is 0.433 e. The average Bonchev–Trinajstić information content (AvgIpc) is 2.52. The quantitative estimate of drug-likeness (QED) is 0.806. The third-order valence-corrected chi connectivity index (χ3v) is 3.49. The zero-order valence-corrected chi connectivity index (χ0v) is 15.3. The molecule has 2 N–H and O–H groups in total. The summed E-state index contributed by atoms with van der Waals surface area (Å²) in [6.07, 6.45) is -3.49. The summed E-state index contributed by atoms with van der Waals surface area (Å²) >= 11 is 0. The molecule has 0 aliphatic heterocycles. The fourth-order valence-electron chi connectivity index (χ4n) is 2.20. The summed E-state index contributed by atoms with van der Waals surface area (Å²) in [5.41, 5.74) is 0.153. The molecule has 8 heteroatoms. The second-order valence-corrected chi connectivity index (χ2v) is 6.68. The highest BCUT2D eigenvalue weighted by molar-refractivity contribution is 5.85. The Hall–Kier alpha value is -2.30. The van der Waals surface area contributed by atoms with Crippen molar-refractivity contribution in [3.8, 4) is 22.9 Å². The molecule has 1 aromatic carbocycles. The van der Waals surface area contributed by atoms with Gasteiger partial charge in [0.2, 0.25) is 0 Å². The summed E-state index contributed by atoms with van der Waals surface area (Å²) in [6.45, 7) is 6.18. The first-order valence-electron chi connectivity index (χ1n) is 7.56. The van der Waals surface area contributed by atoms with E-state index in [0.29, 0.717) is 23.2 Å². The maximum atomic E-state index is 12.6. The van der Waals surface area contributed by atoms with E-state index in [2.05, 4.69) is 10.3 Å². The van der Waals surface area contributed by atoms with E-state index >= 15 is 0 Å². The number of nitriles is 1. The second-order valence-electron chi connectivity index (χ2n) is 6.68. The number of nitrogens with one attached hydrogen (secondary N) is 1. The lowest BCUT2D eigenvalue weighted by molar-refractivity contribution is -0.141. The predicted octanol–water partition coefficient (Wildman–Crippen LogP) is 4.65. The molecule has 0 spiro atoms. The Bertz CT molecular complexity index is 807. The Kier molecular flexibility index (Phi) is 6.64. The lowest BCUT2D eigenvalue weighted by Crippen LogP contribution is -2.35. The third-order valence-electron chi connectivity index (χ3n) is 3.49. The molecule has 0 atom stereocenters. The molecule has 1 heterocycles. The zero-order chi connectivity index (χ0) is 18.8. The van der Waals surface area contributed by atoms with Gasteiger partial charge in [-0.25, -0.2) is 0 Å². The zero-order valence-electron chi connectivity index (χ0n) is 14.5. The molecule has 0 saturated heterocycles. The Morgan fingerprint density at radius 3 is 2.31 bits per heavy atom. The molecule has 2 rings (SSSR count). The molecule has 0 unspecified atom stereocenters. The predicted molar refractivity (Wildman–Crippen MR) is 94.9 cm³/mol. The van der Waals surface area contributed by atoms with E-state index in [9.17, 15) is 23.5 Å². The number of pyridine rings is 1. The number of phenols is 1. The molecule has 26 heavy (non-hydrogen) atoms. The first-order valence-corrected chi connectivity index (χ1v) is 7.56. The molecule has 0 saturated carbocycles. The van der Waals surface area contributed by atoms with E-state index in [1.54, 1.807) is 6.07 Å². The highest BCUT2D eigenvalue weighted by Gasteiger charge is 2.32. The van der Waals surface area contributed by atoms with Crippen LogP contribution in [0.5, 0.6) is 5.75 Å². The molecule has 0 aliphatic carbocycles. The SMILES string of the molecule is CC(C)(C)NCc1cc(C#N)cc(-c2ccc(C(F)(F)F)nc2)c1O.Cl. The summed E-state index contributed by atoms with van der Waals surface area (Å²) in [5.74, 6) is -0.0858. The van der Waals surface area contributed by atoms with Crippen molar-refractivity contribution in [3.05, 3.63) is 47.3 Å². The first-order chi connectivity index (χ1) is 11.5. The van der Waals surface area contributed by atoms with E-state index in [-0.39, 0.29) is 29.3 Å². The summed E-state index contributed by atoms with van der Waals surface area (Å²) < 4.78 is 37.9.